The lowest BCUT2D eigenvalue weighted by molar-refractivity contribution is -0.116. The van der Waals surface area contributed by atoms with Crippen LogP contribution in [-0.4, -0.2) is 52.5 Å². The Kier molecular flexibility index (Phi) is 6.66. The van der Waals surface area contributed by atoms with Gasteiger partial charge in [-0.25, -0.2) is 0 Å². The first-order chi connectivity index (χ1) is 14.7. The molecule has 0 radical (unpaired) electrons. The Morgan fingerprint density at radius 2 is 1.77 bits per heavy atom. The first-order valence-electron chi connectivity index (χ1n) is 9.75. The standard InChI is InChI=1S/C22H25N5O4/c1-14-10-18(16(3)27(14)24-22(30)17-8-6-5-7-9-17)19(28)12-26(4)13-21(29)23-20-11-15(2)31-25-20/h5-11H,12-13H2,1-4H3,(H,24,30)(H,23,25,29). The van der Waals surface area contributed by atoms with E-state index in [0.717, 1.165) is 5.69 Å². The number of carbonyl (C=O) groups excluding carboxylic acids is 3. The number of hydrogen-bond donors (Lipinski definition) is 2. The number of nitrogens with one attached hydrogen (secondary N) is 2. The second-order valence-electron chi connectivity index (χ2n) is 7.39. The minimum absolute atomic E-state index is 0.0150. The molecule has 0 aliphatic rings. The maximum Gasteiger partial charge on any atom is 0.270 e. The lowest BCUT2D eigenvalue weighted by Gasteiger charge is -2.15. The molecule has 0 unspecified atom stereocenters. The Hall–Kier alpha value is -3.72. The van der Waals surface area contributed by atoms with E-state index in [1.807, 2.05) is 13.0 Å². The summed E-state index contributed by atoms with van der Waals surface area (Å²) in [5.74, 6) is 0.205. The average molecular weight is 423 g/mol. The summed E-state index contributed by atoms with van der Waals surface area (Å²) in [4.78, 5) is 39.0. The van der Waals surface area contributed by atoms with Crippen LogP contribution in [0.25, 0.3) is 0 Å². The van der Waals surface area contributed by atoms with Crippen molar-refractivity contribution in [3.05, 3.63) is 70.7 Å². The van der Waals surface area contributed by atoms with Gasteiger partial charge in [0.1, 0.15) is 5.76 Å². The van der Waals surface area contributed by atoms with E-state index in [-0.39, 0.29) is 30.7 Å². The predicted molar refractivity (Wildman–Crippen MR) is 116 cm³/mol. The molecule has 2 aromatic heterocycles. The van der Waals surface area contributed by atoms with Crippen molar-refractivity contribution >= 4 is 23.4 Å². The van der Waals surface area contributed by atoms with Crippen LogP contribution in [0.4, 0.5) is 5.82 Å². The number of carbonyl (C=O) groups is 3. The minimum Gasteiger partial charge on any atom is -0.360 e. The summed E-state index contributed by atoms with van der Waals surface area (Å²) < 4.78 is 6.51. The third-order valence-corrected chi connectivity index (χ3v) is 4.70. The van der Waals surface area contributed by atoms with Gasteiger partial charge in [0, 0.05) is 28.6 Å². The molecule has 0 atom stereocenters. The van der Waals surface area contributed by atoms with E-state index < -0.39 is 0 Å². The Morgan fingerprint density at radius 1 is 1.06 bits per heavy atom. The highest BCUT2D eigenvalue weighted by atomic mass is 16.5. The number of amides is 2. The maximum absolute atomic E-state index is 12.8. The molecule has 0 spiro atoms. The molecule has 162 valence electrons. The summed E-state index contributed by atoms with van der Waals surface area (Å²) in [6, 6.07) is 12.2. The van der Waals surface area contributed by atoms with E-state index in [0.29, 0.717) is 28.4 Å². The van der Waals surface area contributed by atoms with E-state index in [9.17, 15) is 14.4 Å². The zero-order valence-electron chi connectivity index (χ0n) is 17.9. The lowest BCUT2D eigenvalue weighted by atomic mass is 10.1. The van der Waals surface area contributed by atoms with Crippen molar-refractivity contribution in [2.24, 2.45) is 0 Å². The van der Waals surface area contributed by atoms with Gasteiger partial charge in [0.2, 0.25) is 5.91 Å². The number of ketones is 1. The number of benzene rings is 1. The molecule has 9 heteroatoms. The monoisotopic (exact) mass is 423 g/mol. The van der Waals surface area contributed by atoms with Crippen molar-refractivity contribution in [1.29, 1.82) is 0 Å². The highest BCUT2D eigenvalue weighted by molar-refractivity contribution is 6.02. The third-order valence-electron chi connectivity index (χ3n) is 4.70. The van der Waals surface area contributed by atoms with Crippen molar-refractivity contribution in [2.45, 2.75) is 20.8 Å². The fourth-order valence-corrected chi connectivity index (χ4v) is 3.21. The smallest absolute Gasteiger partial charge is 0.270 e. The minimum atomic E-state index is -0.302. The topological polar surface area (TPSA) is 109 Å². The van der Waals surface area contributed by atoms with Crippen molar-refractivity contribution in [3.8, 4) is 0 Å². The molecular formula is C22H25N5O4. The number of likely N-dealkylation sites (N-methyl/N-ethyl adjacent to an activating group) is 1. The van der Waals surface area contributed by atoms with Gasteiger partial charge in [-0.15, -0.1) is 0 Å². The van der Waals surface area contributed by atoms with E-state index in [1.165, 1.54) is 0 Å². The first kappa shape index (κ1) is 22.0. The highest BCUT2D eigenvalue weighted by Crippen LogP contribution is 2.15. The van der Waals surface area contributed by atoms with Gasteiger partial charge in [-0.3, -0.25) is 29.4 Å². The van der Waals surface area contributed by atoms with Crippen LogP contribution in [0.15, 0.2) is 47.0 Å². The fourth-order valence-electron chi connectivity index (χ4n) is 3.21. The molecule has 31 heavy (non-hydrogen) atoms. The molecule has 3 rings (SSSR count). The van der Waals surface area contributed by atoms with Gasteiger partial charge in [-0.2, -0.15) is 0 Å². The molecule has 0 saturated carbocycles. The molecular weight excluding hydrogens is 398 g/mol. The highest BCUT2D eigenvalue weighted by Gasteiger charge is 2.20. The van der Waals surface area contributed by atoms with Crippen molar-refractivity contribution < 1.29 is 18.9 Å². The van der Waals surface area contributed by atoms with Crippen LogP contribution in [0, 0.1) is 20.8 Å². The summed E-state index contributed by atoms with van der Waals surface area (Å²) in [6.07, 6.45) is 0. The number of Topliss-reactive ketones (excluding diaryl/α,β-unsaturated/α-hetero) is 1. The second kappa shape index (κ2) is 9.40. The summed E-state index contributed by atoms with van der Waals surface area (Å²) in [7, 11) is 1.68. The van der Waals surface area contributed by atoms with Gasteiger partial charge in [-0.05, 0) is 46.0 Å². The third kappa shape index (κ3) is 5.46. The Bertz CT molecular complexity index is 1100. The fraction of sp³-hybridized carbons (Fsp3) is 0.273. The van der Waals surface area contributed by atoms with Crippen LogP contribution in [0.5, 0.6) is 0 Å². The van der Waals surface area contributed by atoms with Crippen LogP contribution in [0.2, 0.25) is 0 Å². The quantitative estimate of drug-likeness (QED) is 0.539. The van der Waals surface area contributed by atoms with Crippen molar-refractivity contribution in [3.63, 3.8) is 0 Å². The van der Waals surface area contributed by atoms with Gasteiger partial charge < -0.3 is 9.84 Å². The Balaban J connectivity index is 1.61. The predicted octanol–water partition coefficient (Wildman–Crippen LogP) is 2.54. The molecule has 0 fully saturated rings. The number of rotatable bonds is 8. The molecule has 0 bridgehead atoms. The van der Waals surface area contributed by atoms with E-state index >= 15 is 0 Å². The van der Waals surface area contributed by atoms with Crippen molar-refractivity contribution in [2.75, 3.05) is 30.9 Å². The van der Waals surface area contributed by atoms with Crippen LogP contribution in [0.3, 0.4) is 0 Å². The zero-order chi connectivity index (χ0) is 22.5. The largest absolute Gasteiger partial charge is 0.360 e. The number of aromatic nitrogens is 2. The second-order valence-corrected chi connectivity index (χ2v) is 7.39. The number of hydrogen-bond acceptors (Lipinski definition) is 6. The van der Waals surface area contributed by atoms with Gasteiger partial charge in [0.05, 0.1) is 13.1 Å². The molecule has 2 N–H and O–H groups in total. The van der Waals surface area contributed by atoms with E-state index in [4.69, 9.17) is 4.52 Å². The van der Waals surface area contributed by atoms with Crippen LogP contribution < -0.4 is 10.7 Å². The number of aryl methyl sites for hydroxylation is 2. The molecule has 1 aromatic carbocycles. The van der Waals surface area contributed by atoms with E-state index in [1.54, 1.807) is 66.9 Å². The molecule has 0 saturated heterocycles. The summed E-state index contributed by atoms with van der Waals surface area (Å²) in [5, 5.41) is 6.33. The van der Waals surface area contributed by atoms with Crippen LogP contribution in [-0.2, 0) is 4.79 Å². The molecule has 2 heterocycles. The molecule has 0 aliphatic heterocycles. The molecule has 0 aliphatic carbocycles. The number of anilines is 1. The SMILES string of the molecule is Cc1cc(NC(=O)CN(C)CC(=O)c2cc(C)n(NC(=O)c3ccccc3)c2C)no1. The van der Waals surface area contributed by atoms with Gasteiger partial charge in [0.25, 0.3) is 5.91 Å². The molecule has 9 nitrogen and oxygen atoms in total. The normalized spacial score (nSPS) is 10.9. The van der Waals surface area contributed by atoms with Crippen molar-refractivity contribution in [1.82, 2.24) is 14.7 Å². The lowest BCUT2D eigenvalue weighted by Crippen LogP contribution is -2.34. The average Bonchev–Trinajstić information content (AvgIpc) is 3.25. The maximum atomic E-state index is 12.8. The van der Waals surface area contributed by atoms with Crippen LogP contribution in [0.1, 0.15) is 37.9 Å². The van der Waals surface area contributed by atoms with Gasteiger partial charge >= 0.3 is 0 Å². The Morgan fingerprint density at radius 3 is 2.42 bits per heavy atom. The molecule has 3 aromatic rings. The Labute approximate surface area is 180 Å². The molecule has 2 amide bonds. The summed E-state index contributed by atoms with van der Waals surface area (Å²) in [6.45, 7) is 5.37. The zero-order valence-corrected chi connectivity index (χ0v) is 17.9. The summed E-state index contributed by atoms with van der Waals surface area (Å²) in [5.41, 5.74) is 5.19. The van der Waals surface area contributed by atoms with Gasteiger partial charge in [-0.1, -0.05) is 23.4 Å². The van der Waals surface area contributed by atoms with E-state index in [2.05, 4.69) is 15.9 Å². The van der Waals surface area contributed by atoms with Crippen LogP contribution >= 0.6 is 0 Å². The number of nitrogens with zero attached hydrogens (tertiary/aromatic N) is 3. The van der Waals surface area contributed by atoms with Gasteiger partial charge in [0.15, 0.2) is 11.6 Å². The summed E-state index contributed by atoms with van der Waals surface area (Å²) >= 11 is 0. The first-order valence-corrected chi connectivity index (χ1v) is 9.75.